The zero-order valence-corrected chi connectivity index (χ0v) is 14.2. The fourth-order valence-corrected chi connectivity index (χ4v) is 3.20. The van der Waals surface area contributed by atoms with E-state index in [9.17, 15) is 4.79 Å². The van der Waals surface area contributed by atoms with E-state index >= 15 is 0 Å². The number of nitrogens with one attached hydrogen (secondary N) is 2. The molecule has 1 aliphatic rings. The van der Waals surface area contributed by atoms with Gasteiger partial charge in [0.05, 0.1) is 6.54 Å². The standard InChI is InChI=1S/C16H24BrN3O/c1-2-10-20(15-6-8-18-9-7-15)12-16(21)19-14-5-3-4-13(17)11-14/h3-5,11,15,18H,2,6-10,12H2,1H3,(H,19,21). The Labute approximate surface area is 135 Å². The minimum absolute atomic E-state index is 0.0695. The monoisotopic (exact) mass is 353 g/mol. The lowest BCUT2D eigenvalue weighted by Gasteiger charge is -2.34. The van der Waals surface area contributed by atoms with Gasteiger partial charge >= 0.3 is 0 Å². The molecule has 1 aromatic rings. The van der Waals surface area contributed by atoms with Crippen LogP contribution >= 0.6 is 15.9 Å². The molecule has 0 aromatic heterocycles. The van der Waals surface area contributed by atoms with Crippen LogP contribution in [0.4, 0.5) is 5.69 Å². The van der Waals surface area contributed by atoms with Crippen LogP contribution in [-0.4, -0.2) is 43.0 Å². The molecule has 5 heteroatoms. The van der Waals surface area contributed by atoms with E-state index in [0.717, 1.165) is 49.1 Å². The van der Waals surface area contributed by atoms with Crippen LogP contribution in [0.15, 0.2) is 28.7 Å². The Morgan fingerprint density at radius 1 is 1.43 bits per heavy atom. The molecule has 1 fully saturated rings. The number of benzene rings is 1. The predicted molar refractivity (Wildman–Crippen MR) is 90.5 cm³/mol. The van der Waals surface area contributed by atoms with Crippen LogP contribution in [0.3, 0.4) is 0 Å². The van der Waals surface area contributed by atoms with E-state index in [2.05, 4.69) is 38.4 Å². The Morgan fingerprint density at radius 2 is 2.19 bits per heavy atom. The molecule has 0 spiro atoms. The fraction of sp³-hybridized carbons (Fsp3) is 0.562. The molecular weight excluding hydrogens is 330 g/mol. The molecule has 0 bridgehead atoms. The van der Waals surface area contributed by atoms with Gasteiger partial charge in [0.2, 0.25) is 5.91 Å². The third-order valence-corrected chi connectivity index (χ3v) is 4.28. The summed E-state index contributed by atoms with van der Waals surface area (Å²) in [6.07, 6.45) is 3.34. The van der Waals surface area contributed by atoms with Gasteiger partial charge in [0.25, 0.3) is 0 Å². The van der Waals surface area contributed by atoms with Crippen molar-refractivity contribution in [2.45, 2.75) is 32.2 Å². The summed E-state index contributed by atoms with van der Waals surface area (Å²) >= 11 is 3.42. The molecule has 1 aromatic carbocycles. The largest absolute Gasteiger partial charge is 0.325 e. The molecular formula is C16H24BrN3O. The van der Waals surface area contributed by atoms with Crippen LogP contribution in [0.25, 0.3) is 0 Å². The second-order valence-electron chi connectivity index (χ2n) is 5.51. The van der Waals surface area contributed by atoms with Crippen molar-refractivity contribution in [2.75, 3.05) is 31.5 Å². The van der Waals surface area contributed by atoms with E-state index in [4.69, 9.17) is 0 Å². The van der Waals surface area contributed by atoms with Crippen molar-refractivity contribution in [2.24, 2.45) is 0 Å². The topological polar surface area (TPSA) is 44.4 Å². The summed E-state index contributed by atoms with van der Waals surface area (Å²) < 4.78 is 0.976. The Hall–Kier alpha value is -0.910. The number of hydrogen-bond donors (Lipinski definition) is 2. The number of carbonyl (C=O) groups is 1. The van der Waals surface area contributed by atoms with Crippen LogP contribution in [-0.2, 0) is 4.79 Å². The normalized spacial score (nSPS) is 16.1. The van der Waals surface area contributed by atoms with E-state index in [0.29, 0.717) is 12.6 Å². The molecule has 2 N–H and O–H groups in total. The van der Waals surface area contributed by atoms with Gasteiger partial charge in [0.1, 0.15) is 0 Å². The maximum atomic E-state index is 12.3. The lowest BCUT2D eigenvalue weighted by molar-refractivity contribution is -0.118. The lowest BCUT2D eigenvalue weighted by Crippen LogP contribution is -2.46. The maximum absolute atomic E-state index is 12.3. The van der Waals surface area contributed by atoms with E-state index in [-0.39, 0.29) is 5.91 Å². The van der Waals surface area contributed by atoms with Crippen LogP contribution in [0.1, 0.15) is 26.2 Å². The van der Waals surface area contributed by atoms with Crippen molar-refractivity contribution in [3.05, 3.63) is 28.7 Å². The number of anilines is 1. The molecule has 1 heterocycles. The number of rotatable bonds is 6. The molecule has 1 aliphatic heterocycles. The van der Waals surface area contributed by atoms with Gasteiger partial charge in [0.15, 0.2) is 0 Å². The smallest absolute Gasteiger partial charge is 0.238 e. The predicted octanol–water partition coefficient (Wildman–Crippen LogP) is 2.85. The Balaban J connectivity index is 1.91. The van der Waals surface area contributed by atoms with E-state index in [1.807, 2.05) is 24.3 Å². The van der Waals surface area contributed by atoms with Crippen molar-refractivity contribution in [3.8, 4) is 0 Å². The van der Waals surface area contributed by atoms with E-state index in [1.165, 1.54) is 0 Å². The molecule has 4 nitrogen and oxygen atoms in total. The van der Waals surface area contributed by atoms with Crippen molar-refractivity contribution in [1.82, 2.24) is 10.2 Å². The zero-order valence-electron chi connectivity index (χ0n) is 12.6. The van der Waals surface area contributed by atoms with Crippen LogP contribution in [0.2, 0.25) is 0 Å². The summed E-state index contributed by atoms with van der Waals surface area (Å²) in [6, 6.07) is 8.24. The molecule has 0 aliphatic carbocycles. The number of carbonyl (C=O) groups excluding carboxylic acids is 1. The lowest BCUT2D eigenvalue weighted by atomic mass is 10.0. The SMILES string of the molecule is CCCN(CC(=O)Nc1cccc(Br)c1)C1CCNCC1. The summed E-state index contributed by atoms with van der Waals surface area (Å²) in [4.78, 5) is 14.6. The van der Waals surface area contributed by atoms with Gasteiger partial charge in [-0.1, -0.05) is 28.9 Å². The molecule has 21 heavy (non-hydrogen) atoms. The van der Waals surface area contributed by atoms with Gasteiger partial charge in [-0.15, -0.1) is 0 Å². The third kappa shape index (κ3) is 5.41. The van der Waals surface area contributed by atoms with Gasteiger partial charge < -0.3 is 10.6 Å². The molecule has 0 saturated carbocycles. The number of halogens is 1. The molecule has 1 amide bonds. The minimum atomic E-state index is 0.0695. The first kappa shape index (κ1) is 16.5. The maximum Gasteiger partial charge on any atom is 0.238 e. The summed E-state index contributed by atoms with van der Waals surface area (Å²) in [7, 11) is 0. The van der Waals surface area contributed by atoms with Crippen molar-refractivity contribution >= 4 is 27.5 Å². The number of hydrogen-bond acceptors (Lipinski definition) is 3. The van der Waals surface area contributed by atoms with E-state index < -0.39 is 0 Å². The molecule has 0 radical (unpaired) electrons. The first-order valence-electron chi connectivity index (χ1n) is 7.69. The van der Waals surface area contributed by atoms with E-state index in [1.54, 1.807) is 0 Å². The van der Waals surface area contributed by atoms with Gasteiger partial charge in [-0.2, -0.15) is 0 Å². The Bertz CT molecular complexity index is 461. The summed E-state index contributed by atoms with van der Waals surface area (Å²) in [6.45, 7) is 5.73. The van der Waals surface area contributed by atoms with Crippen molar-refractivity contribution in [3.63, 3.8) is 0 Å². The van der Waals surface area contributed by atoms with Crippen molar-refractivity contribution < 1.29 is 4.79 Å². The summed E-state index contributed by atoms with van der Waals surface area (Å²) in [5.41, 5.74) is 0.844. The van der Waals surface area contributed by atoms with Crippen LogP contribution < -0.4 is 10.6 Å². The van der Waals surface area contributed by atoms with Gasteiger partial charge in [-0.25, -0.2) is 0 Å². The zero-order chi connectivity index (χ0) is 15.1. The van der Waals surface area contributed by atoms with Gasteiger partial charge in [-0.05, 0) is 57.1 Å². The van der Waals surface area contributed by atoms with Crippen molar-refractivity contribution in [1.29, 1.82) is 0 Å². The molecule has 1 saturated heterocycles. The molecule has 0 unspecified atom stereocenters. The fourth-order valence-electron chi connectivity index (χ4n) is 2.80. The average Bonchev–Trinajstić information content (AvgIpc) is 2.47. The van der Waals surface area contributed by atoms with Crippen LogP contribution in [0, 0.1) is 0 Å². The Kier molecular flexibility index (Phi) is 6.67. The molecule has 116 valence electrons. The first-order valence-corrected chi connectivity index (χ1v) is 8.48. The van der Waals surface area contributed by atoms with Gasteiger partial charge in [0, 0.05) is 16.2 Å². The minimum Gasteiger partial charge on any atom is -0.325 e. The number of piperidine rings is 1. The highest BCUT2D eigenvalue weighted by molar-refractivity contribution is 9.10. The highest BCUT2D eigenvalue weighted by Crippen LogP contribution is 2.16. The Morgan fingerprint density at radius 3 is 2.86 bits per heavy atom. The van der Waals surface area contributed by atoms with Gasteiger partial charge in [-0.3, -0.25) is 9.69 Å². The molecule has 2 rings (SSSR count). The highest BCUT2D eigenvalue weighted by atomic mass is 79.9. The number of nitrogens with zero attached hydrogens (tertiary/aromatic N) is 1. The second kappa shape index (κ2) is 8.51. The average molecular weight is 354 g/mol. The highest BCUT2D eigenvalue weighted by Gasteiger charge is 2.22. The molecule has 0 atom stereocenters. The number of amides is 1. The summed E-state index contributed by atoms with van der Waals surface area (Å²) in [5.74, 6) is 0.0695. The quantitative estimate of drug-likeness (QED) is 0.826. The third-order valence-electron chi connectivity index (χ3n) is 3.79. The summed E-state index contributed by atoms with van der Waals surface area (Å²) in [5, 5.41) is 6.36. The second-order valence-corrected chi connectivity index (χ2v) is 6.43. The first-order chi connectivity index (χ1) is 10.2. The van der Waals surface area contributed by atoms with Crippen LogP contribution in [0.5, 0.6) is 0 Å².